The first-order valence-electron chi connectivity index (χ1n) is 8.71. The van der Waals surface area contributed by atoms with Crippen molar-refractivity contribution < 1.29 is 4.92 Å². The Morgan fingerprint density at radius 1 is 1.08 bits per heavy atom. The molecule has 25 heavy (non-hydrogen) atoms. The summed E-state index contributed by atoms with van der Waals surface area (Å²) in [5.41, 5.74) is 2.62. The van der Waals surface area contributed by atoms with Gasteiger partial charge in [0.2, 0.25) is 0 Å². The molecule has 3 aromatic rings. The highest BCUT2D eigenvalue weighted by Gasteiger charge is 2.20. The van der Waals surface area contributed by atoms with E-state index in [-0.39, 0.29) is 10.6 Å². The van der Waals surface area contributed by atoms with Gasteiger partial charge in [0, 0.05) is 17.7 Å². The number of hydrogen-bond donors (Lipinski definition) is 1. The second kappa shape index (κ2) is 6.55. The predicted molar refractivity (Wildman–Crippen MR) is 97.8 cm³/mol. The van der Waals surface area contributed by atoms with Crippen LogP contribution in [-0.4, -0.2) is 20.3 Å². The van der Waals surface area contributed by atoms with Crippen LogP contribution in [0, 0.1) is 10.1 Å². The summed E-state index contributed by atoms with van der Waals surface area (Å²) in [5.74, 6) is 0.844. The summed E-state index contributed by atoms with van der Waals surface area (Å²) in [6.45, 7) is 0. The van der Waals surface area contributed by atoms with Gasteiger partial charge in [-0.05, 0) is 18.9 Å². The molecule has 4 rings (SSSR count). The summed E-state index contributed by atoms with van der Waals surface area (Å²) in [5, 5.41) is 14.8. The molecule has 2 heterocycles. The first-order valence-corrected chi connectivity index (χ1v) is 8.71. The highest BCUT2D eigenvalue weighted by molar-refractivity contribution is 5.77. The maximum atomic E-state index is 11.2. The molecule has 6 nitrogen and oxygen atoms in total. The molecular formula is C19H20N4O2. The summed E-state index contributed by atoms with van der Waals surface area (Å²) >= 11 is 0. The lowest BCUT2D eigenvalue weighted by Crippen LogP contribution is -2.23. The van der Waals surface area contributed by atoms with Gasteiger partial charge in [-0.1, -0.05) is 49.6 Å². The third-order valence-corrected chi connectivity index (χ3v) is 4.81. The minimum Gasteiger partial charge on any atom is -0.367 e. The molecule has 0 saturated heterocycles. The van der Waals surface area contributed by atoms with E-state index in [1.54, 1.807) is 12.3 Å². The quantitative estimate of drug-likeness (QED) is 0.556. The largest absolute Gasteiger partial charge is 0.367 e. The van der Waals surface area contributed by atoms with Gasteiger partial charge in [-0.2, -0.15) is 0 Å². The Hall–Kier alpha value is -2.89. The number of nitrogens with zero attached hydrogens (tertiary/aromatic N) is 3. The second-order valence-electron chi connectivity index (χ2n) is 6.53. The number of imidazole rings is 1. The fraction of sp³-hybridized carbons (Fsp3) is 0.316. The highest BCUT2D eigenvalue weighted by Crippen LogP contribution is 2.32. The molecule has 128 valence electrons. The van der Waals surface area contributed by atoms with Gasteiger partial charge < -0.3 is 5.32 Å². The van der Waals surface area contributed by atoms with E-state index in [0.717, 1.165) is 29.9 Å². The zero-order valence-electron chi connectivity index (χ0n) is 13.9. The first kappa shape index (κ1) is 15.6. The fourth-order valence-corrected chi connectivity index (χ4v) is 3.52. The number of aromatic nitrogens is 2. The van der Waals surface area contributed by atoms with Crippen molar-refractivity contribution in [3.63, 3.8) is 0 Å². The molecule has 0 radical (unpaired) electrons. The zero-order chi connectivity index (χ0) is 17.2. The van der Waals surface area contributed by atoms with Crippen molar-refractivity contribution in [2.24, 2.45) is 0 Å². The van der Waals surface area contributed by atoms with Crippen molar-refractivity contribution in [2.45, 2.75) is 38.1 Å². The summed E-state index contributed by atoms with van der Waals surface area (Å²) in [7, 11) is 0. The lowest BCUT2D eigenvalue weighted by molar-refractivity contribution is -0.385. The fourth-order valence-electron chi connectivity index (χ4n) is 3.52. The number of pyridine rings is 1. The third kappa shape index (κ3) is 3.07. The molecular weight excluding hydrogens is 316 g/mol. The van der Waals surface area contributed by atoms with Gasteiger partial charge in [0.05, 0.1) is 11.1 Å². The highest BCUT2D eigenvalue weighted by atomic mass is 16.6. The average Bonchev–Trinajstić information content (AvgIpc) is 3.01. The van der Waals surface area contributed by atoms with Crippen LogP contribution in [-0.2, 0) is 0 Å². The van der Waals surface area contributed by atoms with Crippen LogP contribution in [0.5, 0.6) is 0 Å². The number of nitro groups is 1. The van der Waals surface area contributed by atoms with E-state index < -0.39 is 0 Å². The van der Waals surface area contributed by atoms with Crippen LogP contribution in [0.4, 0.5) is 11.5 Å². The summed E-state index contributed by atoms with van der Waals surface area (Å²) < 4.78 is 1.81. The van der Waals surface area contributed by atoms with Crippen molar-refractivity contribution in [3.05, 3.63) is 58.8 Å². The molecule has 0 atom stereocenters. The number of anilines is 1. The normalized spacial score (nSPS) is 15.4. The molecule has 0 unspecified atom stereocenters. The van der Waals surface area contributed by atoms with Gasteiger partial charge in [-0.25, -0.2) is 4.98 Å². The molecule has 1 aliphatic rings. The maximum Gasteiger partial charge on any atom is 0.286 e. The van der Waals surface area contributed by atoms with E-state index in [0.29, 0.717) is 11.7 Å². The predicted octanol–water partition coefficient (Wildman–Crippen LogP) is 4.65. The summed E-state index contributed by atoms with van der Waals surface area (Å²) in [6, 6.07) is 13.6. The van der Waals surface area contributed by atoms with E-state index in [4.69, 9.17) is 4.98 Å². The van der Waals surface area contributed by atoms with Gasteiger partial charge >= 0.3 is 0 Å². The third-order valence-electron chi connectivity index (χ3n) is 4.81. The van der Waals surface area contributed by atoms with E-state index >= 15 is 0 Å². The molecule has 1 aliphatic carbocycles. The molecule has 1 saturated carbocycles. The average molecular weight is 336 g/mol. The Labute approximate surface area is 145 Å². The second-order valence-corrected chi connectivity index (χ2v) is 6.53. The van der Waals surface area contributed by atoms with Crippen LogP contribution in [0.25, 0.3) is 16.9 Å². The Kier molecular flexibility index (Phi) is 4.09. The number of nitrogens with one attached hydrogen (secondary N) is 1. The van der Waals surface area contributed by atoms with E-state index in [2.05, 4.69) is 5.32 Å². The number of hydrogen-bond acceptors (Lipinski definition) is 4. The standard InChI is InChI=1S/C19H20N4O2/c24-23(25)16-11-12-17-21-18(14-7-3-1-4-8-14)19(22(17)13-16)20-15-9-5-2-6-10-15/h1,3-4,7-8,11-13,15,20H,2,5-6,9-10H2. The Bertz CT molecular complexity index is 898. The topological polar surface area (TPSA) is 72.5 Å². The van der Waals surface area contributed by atoms with Crippen LogP contribution in [0.1, 0.15) is 32.1 Å². The minimum atomic E-state index is -0.369. The number of benzene rings is 1. The summed E-state index contributed by atoms with van der Waals surface area (Å²) in [6.07, 6.45) is 7.51. The molecule has 0 aliphatic heterocycles. The molecule has 0 spiro atoms. The van der Waals surface area contributed by atoms with Gasteiger partial charge in [-0.3, -0.25) is 14.5 Å². The lowest BCUT2D eigenvalue weighted by Gasteiger charge is -2.24. The molecule has 0 amide bonds. The van der Waals surface area contributed by atoms with Crippen LogP contribution in [0.2, 0.25) is 0 Å². The van der Waals surface area contributed by atoms with Crippen LogP contribution >= 0.6 is 0 Å². The Morgan fingerprint density at radius 2 is 1.84 bits per heavy atom. The monoisotopic (exact) mass is 336 g/mol. The maximum absolute atomic E-state index is 11.2. The Balaban J connectivity index is 1.84. The van der Waals surface area contributed by atoms with Crippen molar-refractivity contribution in [3.8, 4) is 11.3 Å². The van der Waals surface area contributed by atoms with E-state index in [1.165, 1.54) is 25.3 Å². The minimum absolute atomic E-state index is 0.0659. The van der Waals surface area contributed by atoms with Gasteiger partial charge in [0.15, 0.2) is 0 Å². The molecule has 2 aromatic heterocycles. The van der Waals surface area contributed by atoms with Gasteiger partial charge in [-0.15, -0.1) is 0 Å². The van der Waals surface area contributed by atoms with Crippen molar-refractivity contribution in [1.29, 1.82) is 0 Å². The summed E-state index contributed by atoms with van der Waals surface area (Å²) in [4.78, 5) is 15.5. The molecule has 1 fully saturated rings. The Morgan fingerprint density at radius 3 is 2.56 bits per heavy atom. The molecule has 0 bridgehead atoms. The van der Waals surface area contributed by atoms with Gasteiger partial charge in [0.1, 0.15) is 17.2 Å². The van der Waals surface area contributed by atoms with Crippen molar-refractivity contribution in [1.82, 2.24) is 9.38 Å². The lowest BCUT2D eigenvalue weighted by atomic mass is 9.95. The van der Waals surface area contributed by atoms with E-state index in [9.17, 15) is 10.1 Å². The number of fused-ring (bicyclic) bond motifs is 1. The molecule has 1 N–H and O–H groups in total. The molecule has 6 heteroatoms. The smallest absolute Gasteiger partial charge is 0.286 e. The first-order chi connectivity index (χ1) is 12.2. The zero-order valence-corrected chi connectivity index (χ0v) is 13.9. The van der Waals surface area contributed by atoms with Crippen LogP contribution < -0.4 is 5.32 Å². The SMILES string of the molecule is O=[N+]([O-])c1ccc2nc(-c3ccccc3)c(NC3CCCCC3)n2c1. The van der Waals surface area contributed by atoms with E-state index in [1.807, 2.05) is 34.7 Å². The van der Waals surface area contributed by atoms with Gasteiger partial charge in [0.25, 0.3) is 5.69 Å². The van der Waals surface area contributed by atoms with Crippen molar-refractivity contribution in [2.75, 3.05) is 5.32 Å². The van der Waals surface area contributed by atoms with Crippen LogP contribution in [0.15, 0.2) is 48.7 Å². The molecule has 1 aromatic carbocycles. The van der Waals surface area contributed by atoms with Crippen LogP contribution in [0.3, 0.4) is 0 Å². The van der Waals surface area contributed by atoms with Crippen molar-refractivity contribution >= 4 is 17.2 Å². The number of rotatable bonds is 4.